The lowest BCUT2D eigenvalue weighted by atomic mass is 10.1. The van der Waals surface area contributed by atoms with Crippen LogP contribution < -0.4 is 21.6 Å². The molecule has 0 spiro atoms. The van der Waals surface area contributed by atoms with Crippen molar-refractivity contribution in [1.82, 2.24) is 11.0 Å². The molecule has 11 nitrogen and oxygen atoms in total. The molecule has 0 aliphatic carbocycles. The van der Waals surface area contributed by atoms with E-state index in [2.05, 4.69) is 61.3 Å². The molecule has 2 amide bonds. The zero-order chi connectivity index (χ0) is 40.8. The third-order valence-electron chi connectivity index (χ3n) is 7.38. The highest BCUT2D eigenvalue weighted by Gasteiger charge is 2.25. The molecule has 298 valence electrons. The van der Waals surface area contributed by atoms with Crippen LogP contribution in [0.1, 0.15) is 38.8 Å². The van der Waals surface area contributed by atoms with E-state index in [1.54, 1.807) is 51.1 Å². The van der Waals surface area contributed by atoms with E-state index in [0.717, 1.165) is 12.7 Å². The highest BCUT2D eigenvalue weighted by Crippen LogP contribution is 2.32. The number of carbonyl (C=O) groups excluding carboxylic acids is 2. The number of methoxy groups -OCH3 is 1. The Balaban J connectivity index is 0.000000296. The fourth-order valence-corrected chi connectivity index (χ4v) is 5.76. The van der Waals surface area contributed by atoms with Crippen molar-refractivity contribution in [3.05, 3.63) is 113 Å². The Morgan fingerprint density at radius 2 is 1.16 bits per heavy atom. The third-order valence-corrected chi connectivity index (χ3v) is 8.72. The smallest absolute Gasteiger partial charge is 0.277 e. The molecular weight excluding hydrogens is 968 g/mol. The molecule has 4 aromatic carbocycles. The van der Waals surface area contributed by atoms with Gasteiger partial charge in [-0.1, -0.05) is 0 Å². The molecule has 4 rings (SSSR count). The van der Waals surface area contributed by atoms with Crippen LogP contribution in [0.15, 0.2) is 48.5 Å². The zero-order valence-corrected chi connectivity index (χ0v) is 34.0. The summed E-state index contributed by atoms with van der Waals surface area (Å²) in [6, 6.07) is 11.6. The van der Waals surface area contributed by atoms with Gasteiger partial charge in [0, 0.05) is 32.2 Å². The van der Waals surface area contributed by atoms with Gasteiger partial charge in [0.25, 0.3) is 11.8 Å². The van der Waals surface area contributed by atoms with E-state index in [4.69, 9.17) is 24.3 Å². The first-order valence-electron chi connectivity index (χ1n) is 16.1. The number of aliphatic hydroxyl groups excluding tert-OH is 1. The highest BCUT2D eigenvalue weighted by molar-refractivity contribution is 14.1. The predicted octanol–water partition coefficient (Wildman–Crippen LogP) is 7.89. The minimum atomic E-state index is -1.71. The fraction of sp³-hybridized carbons (Fsp3) is 0.278. The van der Waals surface area contributed by atoms with E-state index < -0.39 is 75.3 Å². The Bertz CT molecular complexity index is 1980. The summed E-state index contributed by atoms with van der Waals surface area (Å²) in [6.07, 6.45) is -0.700. The standard InChI is InChI=1S/C18H18F3IN2O4.C18H18F3IN2O3/c1-9-5-10(22)3-4-14(9)23-17-12(6-13(19)15(20)16(17)21)18(26)24-28-8-11(7-25)27-2;1-3-26-6-7-27-24-18(25)12-9-13(19)15(20)16(21)17(12)23-14-5-4-11(22)8-10(14)2/h3-6,11,23,25H,7-8H2,1-2H3,(H,24,26);4-5,8-9,23H,3,6-7H2,1-2H3,(H,24,25). The summed E-state index contributed by atoms with van der Waals surface area (Å²) in [5.41, 5.74) is 4.44. The molecule has 1 atom stereocenters. The zero-order valence-electron chi connectivity index (χ0n) is 29.7. The number of benzene rings is 4. The minimum absolute atomic E-state index is 0.0464. The third kappa shape index (κ3) is 12.9. The molecule has 0 fully saturated rings. The molecule has 0 heterocycles. The first kappa shape index (κ1) is 45.6. The number of ether oxygens (including phenoxy) is 2. The number of rotatable bonds is 16. The van der Waals surface area contributed by atoms with Crippen molar-refractivity contribution in [2.75, 3.05) is 50.8 Å². The molecule has 0 saturated heterocycles. The van der Waals surface area contributed by atoms with Crippen molar-refractivity contribution < 1.29 is 60.2 Å². The van der Waals surface area contributed by atoms with E-state index in [-0.39, 0.29) is 26.4 Å². The summed E-state index contributed by atoms with van der Waals surface area (Å²) in [4.78, 5) is 34.4. The van der Waals surface area contributed by atoms with Gasteiger partial charge in [0.1, 0.15) is 12.7 Å². The van der Waals surface area contributed by atoms with Gasteiger partial charge in [-0.3, -0.25) is 19.3 Å². The number of aryl methyl sites for hydroxylation is 2. The van der Waals surface area contributed by atoms with Gasteiger partial charge in [0.05, 0.1) is 42.3 Å². The molecule has 55 heavy (non-hydrogen) atoms. The summed E-state index contributed by atoms with van der Waals surface area (Å²) >= 11 is 4.20. The summed E-state index contributed by atoms with van der Waals surface area (Å²) in [5, 5.41) is 14.3. The summed E-state index contributed by atoms with van der Waals surface area (Å²) < 4.78 is 95.3. The topological polar surface area (TPSA) is 139 Å². The lowest BCUT2D eigenvalue weighted by molar-refractivity contribution is -0.0469. The van der Waals surface area contributed by atoms with Gasteiger partial charge in [0.2, 0.25) is 0 Å². The second-order valence-electron chi connectivity index (χ2n) is 11.2. The van der Waals surface area contributed by atoms with Gasteiger partial charge >= 0.3 is 0 Å². The second-order valence-corrected chi connectivity index (χ2v) is 13.7. The average molecular weight is 1000 g/mol. The number of hydrogen-bond donors (Lipinski definition) is 5. The van der Waals surface area contributed by atoms with Gasteiger partial charge in [-0.2, -0.15) is 0 Å². The van der Waals surface area contributed by atoms with Crippen LogP contribution in [0.5, 0.6) is 0 Å². The van der Waals surface area contributed by atoms with Gasteiger partial charge in [-0.05, 0) is 126 Å². The molecule has 0 aliphatic heterocycles. The van der Waals surface area contributed by atoms with Crippen LogP contribution in [-0.2, 0) is 19.1 Å². The van der Waals surface area contributed by atoms with E-state index >= 15 is 0 Å². The Labute approximate surface area is 339 Å². The molecule has 0 saturated carbocycles. The van der Waals surface area contributed by atoms with Crippen molar-refractivity contribution in [2.45, 2.75) is 26.9 Å². The number of anilines is 4. The summed E-state index contributed by atoms with van der Waals surface area (Å²) in [6.45, 7) is 5.50. The molecule has 5 N–H and O–H groups in total. The number of nitrogens with one attached hydrogen (secondary N) is 4. The van der Waals surface area contributed by atoms with Crippen LogP contribution in [0.4, 0.5) is 49.1 Å². The summed E-state index contributed by atoms with van der Waals surface area (Å²) in [5.74, 6) is -11.3. The maximum atomic E-state index is 14.4. The monoisotopic (exact) mass is 1000 g/mol. The highest BCUT2D eigenvalue weighted by atomic mass is 127. The normalized spacial score (nSPS) is 11.4. The molecular formula is C36H36F6I2N4O7. The molecule has 0 aromatic heterocycles. The van der Waals surface area contributed by atoms with E-state index in [1.807, 2.05) is 11.5 Å². The first-order valence-corrected chi connectivity index (χ1v) is 18.3. The molecule has 0 aliphatic rings. The molecule has 0 bridgehead atoms. The van der Waals surface area contributed by atoms with Crippen LogP contribution in [0.2, 0.25) is 0 Å². The molecule has 19 heteroatoms. The SMILES string of the molecule is CCOCCONC(=O)c1cc(F)c(F)c(F)c1Nc1ccc(I)cc1C.COC(CO)CONC(=O)c1cc(F)c(F)c(F)c1Nc1ccc(I)cc1C. The predicted molar refractivity (Wildman–Crippen MR) is 208 cm³/mol. The minimum Gasteiger partial charge on any atom is -0.394 e. The van der Waals surface area contributed by atoms with Gasteiger partial charge < -0.3 is 25.2 Å². The molecule has 1 unspecified atom stereocenters. The maximum Gasteiger partial charge on any atom is 0.277 e. The fourth-order valence-electron chi connectivity index (χ4n) is 4.46. The number of halogens is 8. The van der Waals surface area contributed by atoms with E-state index in [1.165, 1.54) is 7.11 Å². The van der Waals surface area contributed by atoms with E-state index in [0.29, 0.717) is 35.7 Å². The number of aliphatic hydroxyl groups is 1. The molecule has 4 aromatic rings. The van der Waals surface area contributed by atoms with Crippen LogP contribution in [0, 0.1) is 55.9 Å². The lowest BCUT2D eigenvalue weighted by Gasteiger charge is -2.17. The van der Waals surface area contributed by atoms with Crippen LogP contribution in [0.3, 0.4) is 0 Å². The van der Waals surface area contributed by atoms with Gasteiger partial charge in [-0.25, -0.2) is 37.3 Å². The first-order chi connectivity index (χ1) is 26.1. The Kier molecular flexibility index (Phi) is 18.4. The van der Waals surface area contributed by atoms with Crippen LogP contribution in [0.25, 0.3) is 0 Å². The molecule has 0 radical (unpaired) electrons. The van der Waals surface area contributed by atoms with Crippen LogP contribution >= 0.6 is 45.2 Å². The van der Waals surface area contributed by atoms with Crippen molar-refractivity contribution in [1.29, 1.82) is 0 Å². The lowest BCUT2D eigenvalue weighted by Crippen LogP contribution is -2.31. The number of amides is 2. The number of hydrogen-bond acceptors (Lipinski definition) is 9. The van der Waals surface area contributed by atoms with Crippen molar-refractivity contribution >= 4 is 79.7 Å². The van der Waals surface area contributed by atoms with E-state index in [9.17, 15) is 35.9 Å². The van der Waals surface area contributed by atoms with Gasteiger partial charge in [0.15, 0.2) is 34.9 Å². The van der Waals surface area contributed by atoms with Crippen molar-refractivity contribution in [3.8, 4) is 0 Å². The largest absolute Gasteiger partial charge is 0.394 e. The van der Waals surface area contributed by atoms with Gasteiger partial charge in [-0.15, -0.1) is 0 Å². The Hall–Kier alpha value is -3.74. The second kappa shape index (κ2) is 22.1. The average Bonchev–Trinajstić information content (AvgIpc) is 3.15. The van der Waals surface area contributed by atoms with Crippen LogP contribution in [-0.4, -0.2) is 63.2 Å². The van der Waals surface area contributed by atoms with Crippen molar-refractivity contribution in [3.63, 3.8) is 0 Å². The number of carbonyl (C=O) groups is 2. The Morgan fingerprint density at radius 1 is 0.709 bits per heavy atom. The maximum absolute atomic E-state index is 14.4. The van der Waals surface area contributed by atoms with Crippen molar-refractivity contribution in [2.24, 2.45) is 0 Å². The Morgan fingerprint density at radius 3 is 1.56 bits per heavy atom. The summed E-state index contributed by atoms with van der Waals surface area (Å²) in [7, 11) is 1.34. The quantitative estimate of drug-likeness (QED) is 0.0250. The number of hydroxylamine groups is 2.